The van der Waals surface area contributed by atoms with Crippen molar-refractivity contribution >= 4 is 5.91 Å². The minimum atomic E-state index is -1.13. The average Bonchev–Trinajstić information content (AvgIpc) is 3.11. The third-order valence-electron chi connectivity index (χ3n) is 4.54. The number of amides is 1. The number of rotatable bonds is 3. The topological polar surface area (TPSA) is 69.2 Å². The first-order valence-corrected chi connectivity index (χ1v) is 8.37. The van der Waals surface area contributed by atoms with E-state index in [1.165, 1.54) is 0 Å². The fraction of sp³-hybridized carbons (Fsp3) is 0.200. The van der Waals surface area contributed by atoms with Gasteiger partial charge in [-0.3, -0.25) is 4.79 Å². The van der Waals surface area contributed by atoms with Crippen LogP contribution in [0.2, 0.25) is 0 Å². The summed E-state index contributed by atoms with van der Waals surface area (Å²) in [5, 5.41) is 10.4. The van der Waals surface area contributed by atoms with Gasteiger partial charge in [0, 0.05) is 18.5 Å². The molecule has 2 aromatic carbocycles. The van der Waals surface area contributed by atoms with E-state index in [9.17, 15) is 9.90 Å². The van der Waals surface area contributed by atoms with Crippen LogP contribution >= 0.6 is 0 Å². The third-order valence-corrected chi connectivity index (χ3v) is 4.54. The van der Waals surface area contributed by atoms with Crippen LogP contribution in [0.3, 0.4) is 0 Å². The number of hydrogen-bond acceptors (Lipinski definition) is 3. The maximum atomic E-state index is 12.6. The standard InChI is InChI=1S/C20H19N3O2/c24-18(14-7-3-1-4-8-14)20(25)23-12-11-16-17(13-23)22-19(21-16)15-9-5-2-6-10-15/h1-10,18,24H,11-13H2,(H,21,22). The lowest BCUT2D eigenvalue weighted by Crippen LogP contribution is -2.39. The average molecular weight is 333 g/mol. The number of aromatic amines is 1. The zero-order valence-corrected chi connectivity index (χ0v) is 13.7. The lowest BCUT2D eigenvalue weighted by molar-refractivity contribution is -0.141. The van der Waals surface area contributed by atoms with Crippen LogP contribution in [0.15, 0.2) is 60.7 Å². The van der Waals surface area contributed by atoms with Crippen molar-refractivity contribution in [1.29, 1.82) is 0 Å². The van der Waals surface area contributed by atoms with Crippen molar-refractivity contribution in [1.82, 2.24) is 14.9 Å². The second-order valence-corrected chi connectivity index (χ2v) is 6.20. The molecule has 4 rings (SSSR count). The summed E-state index contributed by atoms with van der Waals surface area (Å²) in [6, 6.07) is 19.0. The number of fused-ring (bicyclic) bond motifs is 1. The highest BCUT2D eigenvalue weighted by molar-refractivity contribution is 5.82. The van der Waals surface area contributed by atoms with Gasteiger partial charge in [-0.2, -0.15) is 0 Å². The van der Waals surface area contributed by atoms with Crippen molar-refractivity contribution in [3.8, 4) is 11.4 Å². The van der Waals surface area contributed by atoms with Gasteiger partial charge in [0.15, 0.2) is 6.10 Å². The van der Waals surface area contributed by atoms with E-state index < -0.39 is 6.10 Å². The van der Waals surface area contributed by atoms with Gasteiger partial charge < -0.3 is 15.0 Å². The van der Waals surface area contributed by atoms with Crippen LogP contribution < -0.4 is 0 Å². The van der Waals surface area contributed by atoms with Crippen LogP contribution in [0.25, 0.3) is 11.4 Å². The van der Waals surface area contributed by atoms with Gasteiger partial charge in [-0.25, -0.2) is 4.98 Å². The molecule has 1 aliphatic heterocycles. The van der Waals surface area contributed by atoms with Crippen molar-refractivity contribution in [2.75, 3.05) is 6.54 Å². The lowest BCUT2D eigenvalue weighted by Gasteiger charge is -2.28. The molecule has 0 saturated heterocycles. The van der Waals surface area contributed by atoms with E-state index in [2.05, 4.69) is 9.97 Å². The van der Waals surface area contributed by atoms with Crippen molar-refractivity contribution < 1.29 is 9.90 Å². The Kier molecular flexibility index (Phi) is 4.07. The molecule has 1 aliphatic rings. The Balaban J connectivity index is 1.53. The second kappa shape index (κ2) is 6.53. The number of carbonyl (C=O) groups excluding carboxylic acids is 1. The summed E-state index contributed by atoms with van der Waals surface area (Å²) < 4.78 is 0. The van der Waals surface area contributed by atoms with Gasteiger partial charge in [-0.1, -0.05) is 60.7 Å². The molecule has 0 bridgehead atoms. The SMILES string of the molecule is O=C(C(O)c1ccccc1)N1CCc2nc(-c3ccccc3)[nH]c2C1. The molecule has 0 spiro atoms. The predicted molar refractivity (Wildman–Crippen MR) is 94.5 cm³/mol. The van der Waals surface area contributed by atoms with Gasteiger partial charge in [0.25, 0.3) is 5.91 Å². The van der Waals surface area contributed by atoms with E-state index in [1.807, 2.05) is 48.5 Å². The lowest BCUT2D eigenvalue weighted by atomic mass is 10.1. The molecule has 1 amide bonds. The van der Waals surface area contributed by atoms with E-state index in [4.69, 9.17) is 0 Å². The largest absolute Gasteiger partial charge is 0.378 e. The fourth-order valence-electron chi connectivity index (χ4n) is 3.17. The molecule has 25 heavy (non-hydrogen) atoms. The number of aliphatic hydroxyl groups is 1. The molecule has 0 saturated carbocycles. The number of aliphatic hydroxyl groups excluding tert-OH is 1. The van der Waals surface area contributed by atoms with Crippen molar-refractivity contribution in [2.45, 2.75) is 19.1 Å². The molecule has 0 fully saturated rings. The summed E-state index contributed by atoms with van der Waals surface area (Å²) in [5.41, 5.74) is 3.59. The first kappa shape index (κ1) is 15.6. The Morgan fingerprint density at radius 2 is 1.76 bits per heavy atom. The van der Waals surface area contributed by atoms with Crippen molar-refractivity contribution in [3.05, 3.63) is 77.6 Å². The van der Waals surface area contributed by atoms with Crippen molar-refractivity contribution in [2.24, 2.45) is 0 Å². The van der Waals surface area contributed by atoms with Gasteiger partial charge in [0.05, 0.1) is 17.9 Å². The monoisotopic (exact) mass is 333 g/mol. The molecule has 126 valence electrons. The Morgan fingerprint density at radius 3 is 2.48 bits per heavy atom. The summed E-state index contributed by atoms with van der Waals surface area (Å²) >= 11 is 0. The van der Waals surface area contributed by atoms with Crippen LogP contribution in [0.4, 0.5) is 0 Å². The number of hydrogen-bond donors (Lipinski definition) is 2. The minimum absolute atomic E-state index is 0.271. The van der Waals surface area contributed by atoms with Gasteiger partial charge >= 0.3 is 0 Å². The summed E-state index contributed by atoms with van der Waals surface area (Å²) in [7, 11) is 0. The minimum Gasteiger partial charge on any atom is -0.378 e. The number of carbonyl (C=O) groups is 1. The van der Waals surface area contributed by atoms with Crippen LogP contribution in [-0.2, 0) is 17.8 Å². The molecule has 1 aromatic heterocycles. The van der Waals surface area contributed by atoms with E-state index in [-0.39, 0.29) is 5.91 Å². The fourth-order valence-corrected chi connectivity index (χ4v) is 3.17. The Hall–Kier alpha value is -2.92. The van der Waals surface area contributed by atoms with Gasteiger partial charge in [-0.15, -0.1) is 0 Å². The highest BCUT2D eigenvalue weighted by atomic mass is 16.3. The zero-order valence-electron chi connectivity index (χ0n) is 13.7. The number of aromatic nitrogens is 2. The van der Waals surface area contributed by atoms with Gasteiger partial charge in [0.2, 0.25) is 0 Å². The maximum Gasteiger partial charge on any atom is 0.256 e. The predicted octanol–water partition coefficient (Wildman–Crippen LogP) is 2.70. The summed E-state index contributed by atoms with van der Waals surface area (Å²) in [6.07, 6.45) is -0.439. The number of imidazole rings is 1. The molecule has 1 unspecified atom stereocenters. The van der Waals surface area contributed by atoms with Crippen LogP contribution in [-0.4, -0.2) is 32.4 Å². The first-order chi connectivity index (χ1) is 12.2. The van der Waals surface area contributed by atoms with Gasteiger partial charge in [0.1, 0.15) is 5.82 Å². The third kappa shape index (κ3) is 3.06. The molecule has 3 aromatic rings. The van der Waals surface area contributed by atoms with E-state index >= 15 is 0 Å². The van der Waals surface area contributed by atoms with E-state index in [1.54, 1.807) is 17.0 Å². The number of nitrogens with one attached hydrogen (secondary N) is 1. The molecule has 0 aliphatic carbocycles. The summed E-state index contributed by atoms with van der Waals surface area (Å²) in [4.78, 5) is 22.3. The highest BCUT2D eigenvalue weighted by Gasteiger charge is 2.28. The quantitative estimate of drug-likeness (QED) is 0.774. The molecule has 5 heteroatoms. The Bertz CT molecular complexity index is 874. The maximum absolute atomic E-state index is 12.6. The first-order valence-electron chi connectivity index (χ1n) is 8.37. The molecular weight excluding hydrogens is 314 g/mol. The van der Waals surface area contributed by atoms with E-state index in [0.29, 0.717) is 25.1 Å². The van der Waals surface area contributed by atoms with Crippen LogP contribution in [0.1, 0.15) is 23.1 Å². The number of nitrogens with zero attached hydrogens (tertiary/aromatic N) is 2. The van der Waals surface area contributed by atoms with E-state index in [0.717, 1.165) is 22.8 Å². The second-order valence-electron chi connectivity index (χ2n) is 6.20. The highest BCUT2D eigenvalue weighted by Crippen LogP contribution is 2.24. The Labute approximate surface area is 146 Å². The molecular formula is C20H19N3O2. The number of H-pyrrole nitrogens is 1. The summed E-state index contributed by atoms with van der Waals surface area (Å²) in [6.45, 7) is 1.01. The van der Waals surface area contributed by atoms with Crippen molar-refractivity contribution in [3.63, 3.8) is 0 Å². The smallest absolute Gasteiger partial charge is 0.256 e. The molecule has 5 nitrogen and oxygen atoms in total. The zero-order chi connectivity index (χ0) is 17.2. The summed E-state index contributed by atoms with van der Waals surface area (Å²) in [5.74, 6) is 0.552. The molecule has 0 radical (unpaired) electrons. The molecule has 2 N–H and O–H groups in total. The molecule has 1 atom stereocenters. The van der Waals surface area contributed by atoms with Gasteiger partial charge in [-0.05, 0) is 5.56 Å². The Morgan fingerprint density at radius 1 is 1.08 bits per heavy atom. The normalized spacial score (nSPS) is 14.8. The number of benzene rings is 2. The van der Waals surface area contributed by atoms with Crippen LogP contribution in [0.5, 0.6) is 0 Å². The van der Waals surface area contributed by atoms with Crippen LogP contribution in [0, 0.1) is 0 Å². The molecule has 2 heterocycles.